The highest BCUT2D eigenvalue weighted by Gasteiger charge is 2.09. The summed E-state index contributed by atoms with van der Waals surface area (Å²) in [6.45, 7) is 1.76. The van der Waals surface area contributed by atoms with Gasteiger partial charge in [-0.2, -0.15) is 0 Å². The lowest BCUT2D eigenvalue weighted by molar-refractivity contribution is -0.132. The Morgan fingerprint density at radius 1 is 1.18 bits per heavy atom. The maximum atomic E-state index is 11.2. The van der Waals surface area contributed by atoms with Gasteiger partial charge in [-0.05, 0) is 47.4 Å². The van der Waals surface area contributed by atoms with Crippen molar-refractivity contribution >= 4 is 18.3 Å². The maximum Gasteiger partial charge on any atom is 0.331 e. The fraction of sp³-hybridized carbons (Fsp3) is 0.111. The van der Waals surface area contributed by atoms with Crippen LogP contribution in [0.2, 0.25) is 0 Å². The number of carboxylic acid groups (broad SMARTS) is 1. The second-order valence-corrected chi connectivity index (χ2v) is 4.84. The van der Waals surface area contributed by atoms with Gasteiger partial charge in [-0.3, -0.25) is 4.79 Å². The summed E-state index contributed by atoms with van der Waals surface area (Å²) in [5, 5.41) is 18.8. The average molecular weight is 296 g/mol. The Morgan fingerprint density at radius 3 is 2.59 bits per heavy atom. The Bertz CT molecular complexity index is 745. The van der Waals surface area contributed by atoms with Crippen LogP contribution in [0, 0.1) is 0 Å². The highest BCUT2D eigenvalue weighted by Crippen LogP contribution is 2.29. The Hall–Kier alpha value is -2.88. The lowest BCUT2D eigenvalue weighted by atomic mass is 9.96. The average Bonchev–Trinajstić information content (AvgIpc) is 2.52. The molecule has 0 heterocycles. The third-order valence-electron chi connectivity index (χ3n) is 3.35. The van der Waals surface area contributed by atoms with Crippen molar-refractivity contribution in [1.82, 2.24) is 0 Å². The van der Waals surface area contributed by atoms with E-state index in [9.17, 15) is 19.8 Å². The summed E-state index contributed by atoms with van der Waals surface area (Å²) in [6, 6.07) is 11.8. The van der Waals surface area contributed by atoms with Gasteiger partial charge < -0.3 is 10.2 Å². The normalized spacial score (nSPS) is 11.2. The van der Waals surface area contributed by atoms with Crippen LogP contribution in [0.3, 0.4) is 0 Å². The number of aliphatic carboxylic acids is 1. The molecule has 0 atom stereocenters. The SMILES string of the molecule is CC/C(=C\c1cc(O)ccc1-c1cccc(C=O)c1)C(=O)O. The Balaban J connectivity index is 2.61. The van der Waals surface area contributed by atoms with Gasteiger partial charge in [0.2, 0.25) is 0 Å². The van der Waals surface area contributed by atoms with Crippen LogP contribution in [-0.4, -0.2) is 22.5 Å². The van der Waals surface area contributed by atoms with E-state index in [0.29, 0.717) is 17.5 Å². The summed E-state index contributed by atoms with van der Waals surface area (Å²) in [5.74, 6) is -0.930. The molecule has 0 aliphatic carbocycles. The van der Waals surface area contributed by atoms with Crippen LogP contribution in [0.25, 0.3) is 17.2 Å². The van der Waals surface area contributed by atoms with E-state index in [0.717, 1.165) is 17.4 Å². The summed E-state index contributed by atoms with van der Waals surface area (Å²) >= 11 is 0. The predicted octanol–water partition coefficient (Wildman–Crippen LogP) is 3.75. The number of carboxylic acids is 1. The molecular formula is C18H16O4. The van der Waals surface area contributed by atoms with Crippen molar-refractivity contribution in [3.63, 3.8) is 0 Å². The molecule has 2 rings (SSSR count). The molecule has 0 saturated carbocycles. The van der Waals surface area contributed by atoms with E-state index in [4.69, 9.17) is 0 Å². The van der Waals surface area contributed by atoms with Gasteiger partial charge in [0.15, 0.2) is 0 Å². The zero-order chi connectivity index (χ0) is 16.1. The Kier molecular flexibility index (Phi) is 4.73. The smallest absolute Gasteiger partial charge is 0.331 e. The number of carbonyl (C=O) groups is 2. The highest BCUT2D eigenvalue weighted by atomic mass is 16.4. The minimum absolute atomic E-state index is 0.0578. The third-order valence-corrected chi connectivity index (χ3v) is 3.35. The molecule has 0 spiro atoms. The first-order valence-corrected chi connectivity index (χ1v) is 6.87. The van der Waals surface area contributed by atoms with Crippen LogP contribution in [0.1, 0.15) is 29.3 Å². The molecule has 2 aromatic carbocycles. The molecule has 2 aromatic rings. The van der Waals surface area contributed by atoms with Gasteiger partial charge in [0, 0.05) is 11.1 Å². The molecule has 0 aliphatic rings. The molecule has 0 fully saturated rings. The molecular weight excluding hydrogens is 280 g/mol. The molecule has 0 amide bonds. The van der Waals surface area contributed by atoms with Crippen molar-refractivity contribution < 1.29 is 19.8 Å². The van der Waals surface area contributed by atoms with Crippen molar-refractivity contribution in [3.05, 3.63) is 59.2 Å². The van der Waals surface area contributed by atoms with E-state index in [2.05, 4.69) is 0 Å². The number of phenols is 1. The van der Waals surface area contributed by atoms with Crippen LogP contribution in [0.4, 0.5) is 0 Å². The van der Waals surface area contributed by atoms with E-state index in [1.165, 1.54) is 12.1 Å². The zero-order valence-electron chi connectivity index (χ0n) is 12.1. The highest BCUT2D eigenvalue weighted by molar-refractivity contribution is 5.94. The molecule has 4 nitrogen and oxygen atoms in total. The first kappa shape index (κ1) is 15.5. The Labute approximate surface area is 128 Å². The fourth-order valence-corrected chi connectivity index (χ4v) is 2.21. The number of benzene rings is 2. The van der Waals surface area contributed by atoms with E-state index in [1.807, 2.05) is 6.07 Å². The summed E-state index contributed by atoms with van der Waals surface area (Å²) in [7, 11) is 0. The number of aldehydes is 1. The fourth-order valence-electron chi connectivity index (χ4n) is 2.21. The zero-order valence-corrected chi connectivity index (χ0v) is 12.1. The molecule has 0 aliphatic heterocycles. The second kappa shape index (κ2) is 6.72. The van der Waals surface area contributed by atoms with E-state index >= 15 is 0 Å². The van der Waals surface area contributed by atoms with Crippen molar-refractivity contribution in [1.29, 1.82) is 0 Å². The topological polar surface area (TPSA) is 74.6 Å². The first-order valence-electron chi connectivity index (χ1n) is 6.87. The molecule has 2 N–H and O–H groups in total. The summed E-state index contributed by atoms with van der Waals surface area (Å²) in [6.07, 6.45) is 2.68. The van der Waals surface area contributed by atoms with Gasteiger partial charge in [-0.15, -0.1) is 0 Å². The first-order chi connectivity index (χ1) is 10.5. The van der Waals surface area contributed by atoms with Crippen molar-refractivity contribution in [2.24, 2.45) is 0 Å². The molecule has 22 heavy (non-hydrogen) atoms. The van der Waals surface area contributed by atoms with Gasteiger partial charge in [-0.1, -0.05) is 31.2 Å². The van der Waals surface area contributed by atoms with Crippen molar-refractivity contribution in [2.75, 3.05) is 0 Å². The molecule has 0 aromatic heterocycles. The van der Waals surface area contributed by atoms with Crippen LogP contribution < -0.4 is 0 Å². The largest absolute Gasteiger partial charge is 0.508 e. The van der Waals surface area contributed by atoms with Crippen LogP contribution in [0.5, 0.6) is 5.75 Å². The van der Waals surface area contributed by atoms with Crippen LogP contribution in [-0.2, 0) is 4.79 Å². The van der Waals surface area contributed by atoms with Crippen molar-refractivity contribution in [3.8, 4) is 16.9 Å². The number of hydrogen-bond donors (Lipinski definition) is 2. The maximum absolute atomic E-state index is 11.2. The predicted molar refractivity (Wildman–Crippen MR) is 84.8 cm³/mol. The Morgan fingerprint density at radius 2 is 1.95 bits per heavy atom. The summed E-state index contributed by atoms with van der Waals surface area (Å²) < 4.78 is 0. The van der Waals surface area contributed by atoms with Gasteiger partial charge in [0.25, 0.3) is 0 Å². The standard InChI is InChI=1S/C18H16O4/c1-2-13(18(21)22)9-15-10-16(20)6-7-17(15)14-5-3-4-12(8-14)11-19/h3-11,20H,2H2,1H3,(H,21,22)/b13-9+. The number of aromatic hydroxyl groups is 1. The van der Waals surface area contributed by atoms with E-state index in [-0.39, 0.29) is 11.3 Å². The molecule has 0 radical (unpaired) electrons. The minimum atomic E-state index is -0.988. The quantitative estimate of drug-likeness (QED) is 0.651. The molecule has 4 heteroatoms. The van der Waals surface area contributed by atoms with Crippen molar-refractivity contribution in [2.45, 2.75) is 13.3 Å². The van der Waals surface area contributed by atoms with Gasteiger partial charge in [0.05, 0.1) is 0 Å². The van der Waals surface area contributed by atoms with Gasteiger partial charge >= 0.3 is 5.97 Å². The van der Waals surface area contributed by atoms with Crippen LogP contribution >= 0.6 is 0 Å². The molecule has 0 saturated heterocycles. The second-order valence-electron chi connectivity index (χ2n) is 4.84. The number of phenolic OH excluding ortho intramolecular Hbond substituents is 1. The van der Waals surface area contributed by atoms with E-state index in [1.54, 1.807) is 37.3 Å². The van der Waals surface area contributed by atoms with E-state index < -0.39 is 5.97 Å². The minimum Gasteiger partial charge on any atom is -0.508 e. The van der Waals surface area contributed by atoms with Crippen LogP contribution in [0.15, 0.2) is 48.0 Å². The lowest BCUT2D eigenvalue weighted by Gasteiger charge is -2.09. The molecule has 0 bridgehead atoms. The molecule has 112 valence electrons. The van der Waals surface area contributed by atoms with Gasteiger partial charge in [-0.25, -0.2) is 4.79 Å². The third kappa shape index (κ3) is 3.41. The number of carbonyl (C=O) groups excluding carboxylic acids is 1. The monoisotopic (exact) mass is 296 g/mol. The van der Waals surface area contributed by atoms with Gasteiger partial charge in [0.1, 0.15) is 12.0 Å². The number of rotatable bonds is 5. The lowest BCUT2D eigenvalue weighted by Crippen LogP contribution is -1.99. The summed E-state index contributed by atoms with van der Waals surface area (Å²) in [5.41, 5.74) is 2.93. The molecule has 0 unspecified atom stereocenters. The summed E-state index contributed by atoms with van der Waals surface area (Å²) in [4.78, 5) is 22.1. The number of hydrogen-bond acceptors (Lipinski definition) is 3.